The minimum Gasteiger partial charge on any atom is -0.446 e. The number of hydrogen-bond acceptors (Lipinski definition) is 2. The van der Waals surface area contributed by atoms with E-state index in [-0.39, 0.29) is 6.10 Å². The van der Waals surface area contributed by atoms with Gasteiger partial charge in [0.2, 0.25) is 0 Å². The molecule has 0 radical (unpaired) electrons. The number of amides is 1. The van der Waals surface area contributed by atoms with Crippen molar-refractivity contribution >= 4 is 22.6 Å². The number of hydrogen-bond donors (Lipinski definition) is 1. The van der Waals surface area contributed by atoms with Crippen molar-refractivity contribution in [1.82, 2.24) is 0 Å². The molecule has 0 aliphatic rings. The summed E-state index contributed by atoms with van der Waals surface area (Å²) in [5, 5.41) is 4.95. The number of rotatable bonds is 5. The molecule has 0 spiro atoms. The van der Waals surface area contributed by atoms with Crippen LogP contribution in [0.3, 0.4) is 0 Å². The summed E-state index contributed by atoms with van der Waals surface area (Å²) >= 11 is 0. The van der Waals surface area contributed by atoms with Crippen molar-refractivity contribution in [3.8, 4) is 0 Å². The molecule has 0 saturated heterocycles. The molecule has 3 heteroatoms. The Morgan fingerprint density at radius 2 is 1.91 bits per heavy atom. The highest BCUT2D eigenvalue weighted by molar-refractivity contribution is 6.00. The largest absolute Gasteiger partial charge is 0.446 e. The van der Waals surface area contributed by atoms with E-state index in [0.717, 1.165) is 29.3 Å². The Hall–Kier alpha value is -2.29. The molecule has 0 saturated carbocycles. The van der Waals surface area contributed by atoms with Crippen LogP contribution in [0, 0.1) is 0 Å². The lowest BCUT2D eigenvalue weighted by Crippen LogP contribution is -2.20. The molecule has 0 unspecified atom stereocenters. The average molecular weight is 297 g/mol. The van der Waals surface area contributed by atoms with E-state index in [2.05, 4.69) is 25.2 Å². The molecule has 0 heterocycles. The number of benzene rings is 2. The summed E-state index contributed by atoms with van der Waals surface area (Å²) in [5.41, 5.74) is 2.06. The van der Waals surface area contributed by atoms with Crippen molar-refractivity contribution in [3.63, 3.8) is 0 Å². The van der Waals surface area contributed by atoms with Gasteiger partial charge in [-0.1, -0.05) is 48.0 Å². The molecule has 1 atom stereocenters. The molecule has 0 aliphatic heterocycles. The smallest absolute Gasteiger partial charge is 0.411 e. The van der Waals surface area contributed by atoms with E-state index < -0.39 is 6.09 Å². The van der Waals surface area contributed by atoms with Gasteiger partial charge >= 0.3 is 6.09 Å². The monoisotopic (exact) mass is 297 g/mol. The van der Waals surface area contributed by atoms with E-state index in [0.29, 0.717) is 0 Å². The highest BCUT2D eigenvalue weighted by Gasteiger charge is 2.10. The van der Waals surface area contributed by atoms with E-state index in [1.54, 1.807) is 0 Å². The third-order valence-corrected chi connectivity index (χ3v) is 3.46. The van der Waals surface area contributed by atoms with Crippen LogP contribution >= 0.6 is 0 Å². The standard InChI is InChI=1S/C19H23NO2/c1-14(2)8-6-9-15(3)22-19(21)20-18-13-7-11-16-10-4-5-12-17(16)18/h4-5,7-8,10-13,15H,6,9H2,1-3H3,(H,20,21)/t15-/m1/s1. The summed E-state index contributed by atoms with van der Waals surface area (Å²) in [5.74, 6) is 0. The van der Waals surface area contributed by atoms with Crippen molar-refractivity contribution in [2.75, 3.05) is 5.32 Å². The quantitative estimate of drug-likeness (QED) is 0.737. The van der Waals surface area contributed by atoms with E-state index in [4.69, 9.17) is 4.74 Å². The zero-order chi connectivity index (χ0) is 15.9. The third-order valence-electron chi connectivity index (χ3n) is 3.46. The minimum atomic E-state index is -0.402. The summed E-state index contributed by atoms with van der Waals surface area (Å²) in [6.07, 6.45) is 3.40. The maximum Gasteiger partial charge on any atom is 0.411 e. The number of carbonyl (C=O) groups is 1. The molecule has 1 amide bonds. The second-order valence-electron chi connectivity index (χ2n) is 5.73. The van der Waals surface area contributed by atoms with Gasteiger partial charge in [-0.05, 0) is 45.1 Å². The van der Waals surface area contributed by atoms with Gasteiger partial charge in [0.15, 0.2) is 0 Å². The van der Waals surface area contributed by atoms with Crippen LogP contribution in [0.15, 0.2) is 54.1 Å². The summed E-state index contributed by atoms with van der Waals surface area (Å²) in [7, 11) is 0. The van der Waals surface area contributed by atoms with Crippen LogP contribution in [0.5, 0.6) is 0 Å². The zero-order valence-corrected chi connectivity index (χ0v) is 13.4. The average Bonchev–Trinajstić information content (AvgIpc) is 2.47. The Morgan fingerprint density at radius 1 is 1.18 bits per heavy atom. The normalized spacial score (nSPS) is 11.8. The first kappa shape index (κ1) is 16.1. The first-order valence-corrected chi connectivity index (χ1v) is 7.65. The van der Waals surface area contributed by atoms with Gasteiger partial charge in [0, 0.05) is 5.39 Å². The van der Waals surface area contributed by atoms with Crippen molar-refractivity contribution in [2.24, 2.45) is 0 Å². The van der Waals surface area contributed by atoms with Crippen molar-refractivity contribution < 1.29 is 9.53 Å². The van der Waals surface area contributed by atoms with Gasteiger partial charge in [-0.25, -0.2) is 4.79 Å². The number of anilines is 1. The predicted octanol–water partition coefficient (Wildman–Crippen LogP) is 5.52. The van der Waals surface area contributed by atoms with E-state index in [9.17, 15) is 4.79 Å². The van der Waals surface area contributed by atoms with Crippen LogP contribution in [0.1, 0.15) is 33.6 Å². The van der Waals surface area contributed by atoms with Crippen LogP contribution < -0.4 is 5.32 Å². The summed E-state index contributed by atoms with van der Waals surface area (Å²) in [6.45, 7) is 6.05. The Bertz CT molecular complexity index is 667. The van der Waals surface area contributed by atoms with Gasteiger partial charge in [0.1, 0.15) is 6.10 Å². The van der Waals surface area contributed by atoms with Gasteiger partial charge in [0.05, 0.1) is 5.69 Å². The second kappa shape index (κ2) is 7.64. The van der Waals surface area contributed by atoms with Crippen molar-refractivity contribution in [1.29, 1.82) is 0 Å². The van der Waals surface area contributed by atoms with E-state index in [1.165, 1.54) is 5.57 Å². The predicted molar refractivity (Wildman–Crippen MR) is 92.2 cm³/mol. The number of ether oxygens (including phenoxy) is 1. The Kier molecular flexibility index (Phi) is 5.59. The molecule has 1 N–H and O–H groups in total. The molecule has 3 nitrogen and oxygen atoms in total. The minimum absolute atomic E-state index is 0.106. The summed E-state index contributed by atoms with van der Waals surface area (Å²) < 4.78 is 5.41. The van der Waals surface area contributed by atoms with Gasteiger partial charge in [-0.3, -0.25) is 5.32 Å². The number of fused-ring (bicyclic) bond motifs is 1. The molecule has 2 rings (SSSR count). The lowest BCUT2D eigenvalue weighted by molar-refractivity contribution is 0.116. The van der Waals surface area contributed by atoms with Crippen LogP contribution in [0.2, 0.25) is 0 Å². The SMILES string of the molecule is CC(C)=CCC[C@@H](C)OC(=O)Nc1cccc2ccccc12. The number of carbonyl (C=O) groups excluding carboxylic acids is 1. The Labute approximate surface area is 132 Å². The van der Waals surface area contributed by atoms with Gasteiger partial charge in [-0.15, -0.1) is 0 Å². The fraction of sp³-hybridized carbons (Fsp3) is 0.316. The number of nitrogens with one attached hydrogen (secondary N) is 1. The fourth-order valence-corrected chi connectivity index (χ4v) is 2.32. The van der Waals surface area contributed by atoms with E-state index >= 15 is 0 Å². The number of allylic oxidation sites excluding steroid dienone is 2. The molecular formula is C19H23NO2. The Morgan fingerprint density at radius 3 is 2.68 bits per heavy atom. The Balaban J connectivity index is 1.95. The van der Waals surface area contributed by atoms with Crippen molar-refractivity contribution in [2.45, 2.75) is 39.7 Å². The fourth-order valence-electron chi connectivity index (χ4n) is 2.32. The molecule has 0 fully saturated rings. The molecule has 0 aliphatic carbocycles. The van der Waals surface area contributed by atoms with Gasteiger partial charge < -0.3 is 4.74 Å². The van der Waals surface area contributed by atoms with Crippen molar-refractivity contribution in [3.05, 3.63) is 54.1 Å². The van der Waals surface area contributed by atoms with Crippen LogP contribution in [0.25, 0.3) is 10.8 Å². The third kappa shape index (κ3) is 4.62. The molecule has 116 valence electrons. The summed E-state index contributed by atoms with van der Waals surface area (Å²) in [4.78, 5) is 12.0. The first-order valence-electron chi connectivity index (χ1n) is 7.65. The van der Waals surface area contributed by atoms with E-state index in [1.807, 2.05) is 49.4 Å². The molecule has 2 aromatic rings. The zero-order valence-electron chi connectivity index (χ0n) is 13.4. The lowest BCUT2D eigenvalue weighted by Gasteiger charge is -2.14. The maximum absolute atomic E-state index is 12.0. The topological polar surface area (TPSA) is 38.3 Å². The van der Waals surface area contributed by atoms with Crippen LogP contribution in [0.4, 0.5) is 10.5 Å². The molecular weight excluding hydrogens is 274 g/mol. The van der Waals surface area contributed by atoms with Crippen LogP contribution in [-0.4, -0.2) is 12.2 Å². The molecule has 22 heavy (non-hydrogen) atoms. The second-order valence-corrected chi connectivity index (χ2v) is 5.73. The highest BCUT2D eigenvalue weighted by atomic mass is 16.6. The van der Waals surface area contributed by atoms with Gasteiger partial charge in [-0.2, -0.15) is 0 Å². The molecule has 2 aromatic carbocycles. The summed E-state index contributed by atoms with van der Waals surface area (Å²) in [6, 6.07) is 13.8. The molecule has 0 bridgehead atoms. The lowest BCUT2D eigenvalue weighted by atomic mass is 10.1. The van der Waals surface area contributed by atoms with Gasteiger partial charge in [0.25, 0.3) is 0 Å². The molecule has 0 aromatic heterocycles. The first-order chi connectivity index (χ1) is 10.6. The maximum atomic E-state index is 12.0. The highest BCUT2D eigenvalue weighted by Crippen LogP contribution is 2.23. The van der Waals surface area contributed by atoms with Crippen LogP contribution in [-0.2, 0) is 4.74 Å².